The maximum atomic E-state index is 5.52. The van der Waals surface area contributed by atoms with Gasteiger partial charge in [-0.3, -0.25) is 4.90 Å². The minimum Gasteiger partial charge on any atom is -0.496 e. The zero-order chi connectivity index (χ0) is 18.4. The van der Waals surface area contributed by atoms with Crippen molar-refractivity contribution in [3.63, 3.8) is 0 Å². The van der Waals surface area contributed by atoms with Crippen LogP contribution in [-0.4, -0.2) is 37.2 Å². The molecule has 4 nitrogen and oxygen atoms in total. The van der Waals surface area contributed by atoms with Crippen molar-refractivity contribution in [1.29, 1.82) is 0 Å². The molecule has 3 rings (SSSR count). The van der Waals surface area contributed by atoms with Crippen LogP contribution in [-0.2, 0) is 13.0 Å². The number of methoxy groups -OCH3 is 2. The first-order chi connectivity index (χ1) is 12.7. The molecule has 0 N–H and O–H groups in total. The number of piperidine rings is 1. The molecule has 1 fully saturated rings. The van der Waals surface area contributed by atoms with E-state index >= 15 is 0 Å². The molecule has 1 saturated heterocycles. The second-order valence-corrected chi connectivity index (χ2v) is 7.25. The standard InChI is InChI=1S/C22H30N2O2/c1-17-6-9-21(25-2)19(15-17)8-7-18-10-13-24(14-11-18)16-20-5-4-12-23-22(20)26-3/h4-6,9,12,15,18H,7-8,10-11,13-14,16H2,1-3H3. The van der Waals surface area contributed by atoms with Crippen LogP contribution >= 0.6 is 0 Å². The van der Waals surface area contributed by atoms with Crippen LogP contribution in [0, 0.1) is 12.8 Å². The van der Waals surface area contributed by atoms with Crippen LogP contribution in [0.15, 0.2) is 36.5 Å². The fourth-order valence-electron chi connectivity index (χ4n) is 3.86. The van der Waals surface area contributed by atoms with E-state index in [1.165, 1.54) is 36.0 Å². The number of benzene rings is 1. The Morgan fingerprint density at radius 2 is 1.88 bits per heavy atom. The highest BCUT2D eigenvalue weighted by molar-refractivity contribution is 5.37. The normalized spacial score (nSPS) is 15.8. The summed E-state index contributed by atoms with van der Waals surface area (Å²) in [4.78, 5) is 6.82. The summed E-state index contributed by atoms with van der Waals surface area (Å²) >= 11 is 0. The molecule has 1 aliphatic heterocycles. The molecule has 2 heterocycles. The van der Waals surface area contributed by atoms with Gasteiger partial charge in [0.25, 0.3) is 0 Å². The third kappa shape index (κ3) is 4.76. The summed E-state index contributed by atoms with van der Waals surface area (Å²) in [7, 11) is 3.46. The molecule has 0 atom stereocenters. The Morgan fingerprint density at radius 1 is 1.08 bits per heavy atom. The molecular formula is C22H30N2O2. The quantitative estimate of drug-likeness (QED) is 0.744. The first-order valence-corrected chi connectivity index (χ1v) is 9.53. The monoisotopic (exact) mass is 354 g/mol. The number of hydrogen-bond donors (Lipinski definition) is 0. The summed E-state index contributed by atoms with van der Waals surface area (Å²) in [5, 5.41) is 0. The number of nitrogens with zero attached hydrogens (tertiary/aromatic N) is 2. The van der Waals surface area contributed by atoms with Crippen molar-refractivity contribution in [2.75, 3.05) is 27.3 Å². The fraction of sp³-hybridized carbons (Fsp3) is 0.500. The lowest BCUT2D eigenvalue weighted by atomic mass is 9.90. The van der Waals surface area contributed by atoms with E-state index in [0.717, 1.165) is 43.6 Å². The Hall–Kier alpha value is -2.07. The van der Waals surface area contributed by atoms with Gasteiger partial charge in [0.15, 0.2) is 0 Å². The predicted octanol–water partition coefficient (Wildman–Crippen LogP) is 4.25. The zero-order valence-corrected chi connectivity index (χ0v) is 16.2. The molecule has 0 radical (unpaired) electrons. The van der Waals surface area contributed by atoms with Crippen LogP contribution in [0.25, 0.3) is 0 Å². The van der Waals surface area contributed by atoms with Crippen LogP contribution in [0.1, 0.15) is 36.0 Å². The van der Waals surface area contributed by atoms with Crippen molar-refractivity contribution in [2.45, 2.75) is 39.2 Å². The average Bonchev–Trinajstić information content (AvgIpc) is 2.68. The lowest BCUT2D eigenvalue weighted by Gasteiger charge is -2.32. The van der Waals surface area contributed by atoms with E-state index in [1.54, 1.807) is 20.4 Å². The number of ether oxygens (including phenoxy) is 2. The zero-order valence-electron chi connectivity index (χ0n) is 16.2. The maximum Gasteiger partial charge on any atom is 0.217 e. The van der Waals surface area contributed by atoms with Crippen molar-refractivity contribution in [3.05, 3.63) is 53.2 Å². The predicted molar refractivity (Wildman–Crippen MR) is 105 cm³/mol. The summed E-state index contributed by atoms with van der Waals surface area (Å²) in [5.41, 5.74) is 3.83. The van der Waals surface area contributed by atoms with Crippen LogP contribution < -0.4 is 9.47 Å². The van der Waals surface area contributed by atoms with E-state index in [4.69, 9.17) is 9.47 Å². The van der Waals surface area contributed by atoms with Gasteiger partial charge in [0.1, 0.15) is 5.75 Å². The first kappa shape index (κ1) is 18.7. The second-order valence-electron chi connectivity index (χ2n) is 7.25. The van der Waals surface area contributed by atoms with E-state index in [2.05, 4.69) is 41.1 Å². The average molecular weight is 354 g/mol. The number of likely N-dealkylation sites (tertiary alicyclic amines) is 1. The Morgan fingerprint density at radius 3 is 2.62 bits per heavy atom. The third-order valence-electron chi connectivity index (χ3n) is 5.40. The van der Waals surface area contributed by atoms with Gasteiger partial charge in [-0.15, -0.1) is 0 Å². The molecule has 140 valence electrons. The Balaban J connectivity index is 1.49. The highest BCUT2D eigenvalue weighted by Crippen LogP contribution is 2.28. The molecule has 0 bridgehead atoms. The van der Waals surface area contributed by atoms with Gasteiger partial charge in [-0.05, 0) is 69.3 Å². The number of pyridine rings is 1. The van der Waals surface area contributed by atoms with E-state index < -0.39 is 0 Å². The molecule has 0 unspecified atom stereocenters. The van der Waals surface area contributed by atoms with Crippen molar-refractivity contribution >= 4 is 0 Å². The van der Waals surface area contributed by atoms with E-state index in [1.807, 2.05) is 6.07 Å². The van der Waals surface area contributed by atoms with Crippen molar-refractivity contribution in [3.8, 4) is 11.6 Å². The first-order valence-electron chi connectivity index (χ1n) is 9.53. The van der Waals surface area contributed by atoms with Crippen molar-refractivity contribution in [2.24, 2.45) is 5.92 Å². The third-order valence-corrected chi connectivity index (χ3v) is 5.40. The van der Waals surface area contributed by atoms with Gasteiger partial charge < -0.3 is 9.47 Å². The van der Waals surface area contributed by atoms with E-state index in [0.29, 0.717) is 0 Å². The van der Waals surface area contributed by atoms with Gasteiger partial charge >= 0.3 is 0 Å². The summed E-state index contributed by atoms with van der Waals surface area (Å²) in [5.74, 6) is 2.57. The SMILES string of the molecule is COc1ccc(C)cc1CCC1CCN(Cc2cccnc2OC)CC1. The highest BCUT2D eigenvalue weighted by atomic mass is 16.5. The van der Waals surface area contributed by atoms with Gasteiger partial charge in [0, 0.05) is 18.3 Å². The minimum absolute atomic E-state index is 0.751. The lowest BCUT2D eigenvalue weighted by molar-refractivity contribution is 0.170. The number of hydrogen-bond acceptors (Lipinski definition) is 4. The molecule has 26 heavy (non-hydrogen) atoms. The number of aryl methyl sites for hydroxylation is 2. The Labute approximate surface area is 157 Å². The van der Waals surface area contributed by atoms with Crippen LogP contribution in [0.2, 0.25) is 0 Å². The van der Waals surface area contributed by atoms with Crippen molar-refractivity contribution < 1.29 is 9.47 Å². The van der Waals surface area contributed by atoms with Crippen LogP contribution in [0.4, 0.5) is 0 Å². The lowest BCUT2D eigenvalue weighted by Crippen LogP contribution is -2.33. The summed E-state index contributed by atoms with van der Waals surface area (Å²) in [6.45, 7) is 5.37. The highest BCUT2D eigenvalue weighted by Gasteiger charge is 2.20. The Bertz CT molecular complexity index is 709. The van der Waals surface area contributed by atoms with Crippen LogP contribution in [0.3, 0.4) is 0 Å². The molecule has 0 spiro atoms. The summed E-state index contributed by atoms with van der Waals surface area (Å²) < 4.78 is 10.9. The van der Waals surface area contributed by atoms with E-state index in [-0.39, 0.29) is 0 Å². The largest absolute Gasteiger partial charge is 0.496 e. The van der Waals surface area contributed by atoms with Gasteiger partial charge in [-0.25, -0.2) is 4.98 Å². The molecule has 0 saturated carbocycles. The number of rotatable bonds is 7. The fourth-order valence-corrected chi connectivity index (χ4v) is 3.86. The molecule has 1 aromatic heterocycles. The number of aromatic nitrogens is 1. The maximum absolute atomic E-state index is 5.52. The Kier molecular flexibility index (Phi) is 6.51. The summed E-state index contributed by atoms with van der Waals surface area (Å²) in [6, 6.07) is 10.6. The van der Waals surface area contributed by atoms with Gasteiger partial charge in [-0.2, -0.15) is 0 Å². The van der Waals surface area contributed by atoms with Gasteiger partial charge in [0.2, 0.25) is 5.88 Å². The van der Waals surface area contributed by atoms with Crippen LogP contribution in [0.5, 0.6) is 11.6 Å². The van der Waals surface area contributed by atoms with Gasteiger partial charge in [0.05, 0.1) is 14.2 Å². The second kappa shape index (κ2) is 9.04. The smallest absolute Gasteiger partial charge is 0.217 e. The van der Waals surface area contributed by atoms with E-state index in [9.17, 15) is 0 Å². The molecule has 2 aromatic rings. The molecule has 0 amide bonds. The van der Waals surface area contributed by atoms with Gasteiger partial charge in [-0.1, -0.05) is 23.8 Å². The minimum atomic E-state index is 0.751. The molecule has 4 heteroatoms. The summed E-state index contributed by atoms with van der Waals surface area (Å²) in [6.07, 6.45) is 6.65. The molecule has 0 aliphatic carbocycles. The molecule has 1 aliphatic rings. The van der Waals surface area contributed by atoms with Crippen molar-refractivity contribution in [1.82, 2.24) is 9.88 Å². The molecular weight excluding hydrogens is 324 g/mol. The molecule has 1 aromatic carbocycles. The topological polar surface area (TPSA) is 34.6 Å².